The van der Waals surface area contributed by atoms with Crippen LogP contribution in [0, 0.1) is 5.92 Å². The molecule has 1 heterocycles. The van der Waals surface area contributed by atoms with Crippen LogP contribution in [0.25, 0.3) is 0 Å². The molecule has 0 aliphatic rings. The van der Waals surface area contributed by atoms with Gasteiger partial charge in [0.25, 0.3) is 0 Å². The third-order valence-electron chi connectivity index (χ3n) is 2.84. The predicted molar refractivity (Wildman–Crippen MR) is 71.2 cm³/mol. The Morgan fingerprint density at radius 2 is 2.06 bits per heavy atom. The molecule has 0 aromatic carbocycles. The van der Waals surface area contributed by atoms with Crippen LogP contribution in [0.2, 0.25) is 0 Å². The minimum absolute atomic E-state index is 0.00338. The van der Waals surface area contributed by atoms with Crippen molar-refractivity contribution in [3.05, 3.63) is 23.3 Å². The highest BCUT2D eigenvalue weighted by atomic mass is 16.5. The Morgan fingerprint density at radius 1 is 1.33 bits per heavy atom. The smallest absolute Gasteiger partial charge is 0.157 e. The summed E-state index contributed by atoms with van der Waals surface area (Å²) in [5, 5.41) is 9.28. The Morgan fingerprint density at radius 3 is 2.56 bits per heavy atom. The number of rotatable bonds is 7. The third kappa shape index (κ3) is 3.75. The van der Waals surface area contributed by atoms with Crippen LogP contribution in [-0.2, 0) is 17.8 Å². The molecule has 0 amide bonds. The zero-order chi connectivity index (χ0) is 13.5. The monoisotopic (exact) mass is 252 g/mol. The van der Waals surface area contributed by atoms with Gasteiger partial charge in [-0.05, 0) is 19.3 Å². The van der Waals surface area contributed by atoms with Crippen molar-refractivity contribution in [2.24, 2.45) is 5.92 Å². The lowest BCUT2D eigenvalue weighted by Crippen LogP contribution is -2.16. The van der Waals surface area contributed by atoms with Gasteiger partial charge in [0, 0.05) is 24.1 Å². The van der Waals surface area contributed by atoms with Gasteiger partial charge in [-0.25, -0.2) is 9.97 Å². The molecule has 1 atom stereocenters. The molecule has 0 radical (unpaired) electrons. The van der Waals surface area contributed by atoms with Gasteiger partial charge in [-0.1, -0.05) is 27.2 Å². The fourth-order valence-corrected chi connectivity index (χ4v) is 1.92. The van der Waals surface area contributed by atoms with E-state index >= 15 is 0 Å². The van der Waals surface area contributed by atoms with Gasteiger partial charge < -0.3 is 9.84 Å². The normalized spacial score (nSPS) is 13.0. The van der Waals surface area contributed by atoms with Crippen LogP contribution in [0.3, 0.4) is 0 Å². The topological polar surface area (TPSA) is 55.2 Å². The van der Waals surface area contributed by atoms with Gasteiger partial charge in [0.15, 0.2) is 5.82 Å². The van der Waals surface area contributed by atoms with Crippen LogP contribution in [0.5, 0.6) is 0 Å². The first-order chi connectivity index (χ1) is 8.63. The fourth-order valence-electron chi connectivity index (χ4n) is 1.92. The van der Waals surface area contributed by atoms with E-state index in [1.807, 2.05) is 6.92 Å². The quantitative estimate of drug-likeness (QED) is 0.810. The molecule has 102 valence electrons. The number of hydrogen-bond acceptors (Lipinski definition) is 4. The van der Waals surface area contributed by atoms with Gasteiger partial charge in [0.05, 0.1) is 6.61 Å². The van der Waals surface area contributed by atoms with Crippen LogP contribution in [0.1, 0.15) is 57.3 Å². The molecule has 18 heavy (non-hydrogen) atoms. The first-order valence-electron chi connectivity index (χ1n) is 6.71. The number of hydrogen-bond donors (Lipinski definition) is 1. The second-order valence-corrected chi connectivity index (χ2v) is 4.73. The minimum atomic E-state index is -0.0710. The summed E-state index contributed by atoms with van der Waals surface area (Å²) < 4.78 is 5.71. The van der Waals surface area contributed by atoms with Gasteiger partial charge in [-0.3, -0.25) is 0 Å². The van der Waals surface area contributed by atoms with Crippen LogP contribution < -0.4 is 0 Å². The first kappa shape index (κ1) is 15.1. The van der Waals surface area contributed by atoms with Crippen molar-refractivity contribution in [3.63, 3.8) is 0 Å². The average molecular weight is 252 g/mol. The standard InChI is InChI=1S/C14H24N2O2/c1-5-7-12-11(9-17)8-15-14(16-12)13(10(3)4)18-6-2/h8,10,13,17H,5-7,9H2,1-4H3. The number of aliphatic hydroxyl groups excluding tert-OH is 1. The second kappa shape index (κ2) is 7.44. The number of ether oxygens (including phenoxy) is 1. The lowest BCUT2D eigenvalue weighted by molar-refractivity contribution is 0.0229. The molecular formula is C14H24N2O2. The minimum Gasteiger partial charge on any atom is -0.392 e. The number of aliphatic hydroxyl groups is 1. The summed E-state index contributed by atoms with van der Waals surface area (Å²) in [7, 11) is 0. The molecule has 4 heteroatoms. The summed E-state index contributed by atoms with van der Waals surface area (Å²) in [5.41, 5.74) is 1.76. The average Bonchev–Trinajstić information content (AvgIpc) is 2.36. The molecule has 0 saturated carbocycles. The molecule has 0 bridgehead atoms. The summed E-state index contributed by atoms with van der Waals surface area (Å²) in [5.74, 6) is 1.06. The van der Waals surface area contributed by atoms with E-state index in [1.165, 1.54) is 0 Å². The zero-order valence-electron chi connectivity index (χ0n) is 11.8. The Labute approximate surface area is 109 Å². The molecule has 1 aromatic rings. The lowest BCUT2D eigenvalue weighted by Gasteiger charge is -2.20. The van der Waals surface area contributed by atoms with Gasteiger partial charge >= 0.3 is 0 Å². The van der Waals surface area contributed by atoms with E-state index in [2.05, 4.69) is 30.7 Å². The molecular weight excluding hydrogens is 228 g/mol. The molecule has 4 nitrogen and oxygen atoms in total. The van der Waals surface area contributed by atoms with Crippen LogP contribution in [-0.4, -0.2) is 21.7 Å². The van der Waals surface area contributed by atoms with E-state index in [9.17, 15) is 5.11 Å². The van der Waals surface area contributed by atoms with Crippen molar-refractivity contribution in [1.29, 1.82) is 0 Å². The number of nitrogens with zero attached hydrogens (tertiary/aromatic N) is 2. The Kier molecular flexibility index (Phi) is 6.22. The second-order valence-electron chi connectivity index (χ2n) is 4.73. The third-order valence-corrected chi connectivity index (χ3v) is 2.84. The maximum Gasteiger partial charge on any atom is 0.157 e. The zero-order valence-corrected chi connectivity index (χ0v) is 11.8. The SMILES string of the molecule is CCCc1nc(C(OCC)C(C)C)ncc1CO. The van der Waals surface area contributed by atoms with Crippen molar-refractivity contribution in [3.8, 4) is 0 Å². The molecule has 1 N–H and O–H groups in total. The van der Waals surface area contributed by atoms with Crippen molar-refractivity contribution in [2.75, 3.05) is 6.61 Å². The highest BCUT2D eigenvalue weighted by Crippen LogP contribution is 2.23. The van der Waals surface area contributed by atoms with Crippen molar-refractivity contribution < 1.29 is 9.84 Å². The molecule has 1 aromatic heterocycles. The van der Waals surface area contributed by atoms with Crippen LogP contribution >= 0.6 is 0 Å². The van der Waals surface area contributed by atoms with E-state index in [-0.39, 0.29) is 12.7 Å². The molecule has 0 aliphatic carbocycles. The Hall–Kier alpha value is -1.00. The predicted octanol–water partition coefficient (Wildman–Crippen LogP) is 2.66. The number of aromatic nitrogens is 2. The van der Waals surface area contributed by atoms with E-state index in [4.69, 9.17) is 4.74 Å². The van der Waals surface area contributed by atoms with Gasteiger partial charge in [0.1, 0.15) is 6.10 Å². The summed E-state index contributed by atoms with van der Waals surface area (Å²) in [4.78, 5) is 8.91. The van der Waals surface area contributed by atoms with Crippen LogP contribution in [0.15, 0.2) is 6.20 Å². The maximum absolute atomic E-state index is 9.28. The highest BCUT2D eigenvalue weighted by molar-refractivity contribution is 5.17. The van der Waals surface area contributed by atoms with Gasteiger partial charge in [-0.15, -0.1) is 0 Å². The van der Waals surface area contributed by atoms with Crippen molar-refractivity contribution >= 4 is 0 Å². The summed E-state index contributed by atoms with van der Waals surface area (Å²) in [6.45, 7) is 8.93. The van der Waals surface area contributed by atoms with E-state index in [0.717, 1.165) is 29.9 Å². The number of aryl methyl sites for hydroxylation is 1. The lowest BCUT2D eigenvalue weighted by atomic mass is 10.1. The molecule has 0 saturated heterocycles. The largest absolute Gasteiger partial charge is 0.392 e. The summed E-state index contributed by atoms with van der Waals surface area (Å²) in [6.07, 6.45) is 3.52. The van der Waals surface area contributed by atoms with E-state index in [1.54, 1.807) is 6.20 Å². The maximum atomic E-state index is 9.28. The molecule has 0 aliphatic heterocycles. The Balaban J connectivity index is 3.04. The van der Waals surface area contributed by atoms with Crippen molar-refractivity contribution in [2.45, 2.75) is 53.2 Å². The van der Waals surface area contributed by atoms with Crippen LogP contribution in [0.4, 0.5) is 0 Å². The molecule has 0 fully saturated rings. The fraction of sp³-hybridized carbons (Fsp3) is 0.714. The first-order valence-corrected chi connectivity index (χ1v) is 6.71. The molecule has 1 unspecified atom stereocenters. The Bertz CT molecular complexity index is 367. The summed E-state index contributed by atoms with van der Waals surface area (Å²) >= 11 is 0. The van der Waals surface area contributed by atoms with Crippen molar-refractivity contribution in [1.82, 2.24) is 9.97 Å². The highest BCUT2D eigenvalue weighted by Gasteiger charge is 2.20. The van der Waals surface area contributed by atoms with Gasteiger partial charge in [-0.2, -0.15) is 0 Å². The summed E-state index contributed by atoms with van der Waals surface area (Å²) in [6, 6.07) is 0. The van der Waals surface area contributed by atoms with E-state index < -0.39 is 0 Å². The molecule has 0 spiro atoms. The molecule has 1 rings (SSSR count). The van der Waals surface area contributed by atoms with Gasteiger partial charge in [0.2, 0.25) is 0 Å². The van der Waals surface area contributed by atoms with E-state index in [0.29, 0.717) is 12.5 Å².